The molecule has 1 amide bonds. The summed E-state index contributed by atoms with van der Waals surface area (Å²) >= 11 is 0. The van der Waals surface area contributed by atoms with Gasteiger partial charge in [0.25, 0.3) is 5.91 Å². The lowest BCUT2D eigenvalue weighted by Gasteiger charge is -2.37. The fourth-order valence-corrected chi connectivity index (χ4v) is 3.62. The Labute approximate surface area is 174 Å². The molecule has 0 saturated heterocycles. The number of amides is 1. The number of unbranched alkanes of at least 4 members (excludes halogenated alkanes) is 1. The molecule has 1 aliphatic carbocycles. The number of hydrogen-bond acceptors (Lipinski definition) is 5. The van der Waals surface area contributed by atoms with Gasteiger partial charge in [-0.1, -0.05) is 20.3 Å². The monoisotopic (exact) mass is 405 g/mol. The standard InChI is InChI=1S/C23H35NO5/c1-5-8-15-28-20-10-9-18(16-19(20)21(25)27-6-2)24-22(26)23(29-7-3)13-11-17(4)12-14-23/h9-10,16-17H,5-8,11-15H2,1-4H3,(H,24,26). The van der Waals surface area contributed by atoms with Gasteiger partial charge in [0, 0.05) is 12.3 Å². The summed E-state index contributed by atoms with van der Waals surface area (Å²) in [6.07, 6.45) is 5.24. The van der Waals surface area contributed by atoms with Crippen LogP contribution in [-0.4, -0.2) is 37.3 Å². The van der Waals surface area contributed by atoms with Crippen molar-refractivity contribution in [3.63, 3.8) is 0 Å². The van der Waals surface area contributed by atoms with E-state index in [-0.39, 0.29) is 12.5 Å². The highest BCUT2D eigenvalue weighted by Gasteiger charge is 2.42. The quantitative estimate of drug-likeness (QED) is 0.440. The second-order valence-corrected chi connectivity index (χ2v) is 7.70. The van der Waals surface area contributed by atoms with Crippen molar-refractivity contribution >= 4 is 17.6 Å². The second-order valence-electron chi connectivity index (χ2n) is 7.70. The molecule has 162 valence electrons. The van der Waals surface area contributed by atoms with Gasteiger partial charge in [-0.05, 0) is 70.1 Å². The predicted octanol–water partition coefficient (Wildman–Crippen LogP) is 4.97. The highest BCUT2D eigenvalue weighted by atomic mass is 16.5. The van der Waals surface area contributed by atoms with Gasteiger partial charge in [-0.3, -0.25) is 4.79 Å². The average molecular weight is 406 g/mol. The van der Waals surface area contributed by atoms with Crippen LogP contribution >= 0.6 is 0 Å². The van der Waals surface area contributed by atoms with Crippen molar-refractivity contribution in [2.24, 2.45) is 5.92 Å². The predicted molar refractivity (Wildman–Crippen MR) is 113 cm³/mol. The molecule has 0 atom stereocenters. The smallest absolute Gasteiger partial charge is 0.341 e. The van der Waals surface area contributed by atoms with Crippen LogP contribution in [0.25, 0.3) is 0 Å². The van der Waals surface area contributed by atoms with Crippen LogP contribution in [0.4, 0.5) is 5.69 Å². The number of benzene rings is 1. The van der Waals surface area contributed by atoms with Crippen molar-refractivity contribution in [2.45, 2.75) is 71.8 Å². The third-order valence-electron chi connectivity index (χ3n) is 5.40. The summed E-state index contributed by atoms with van der Waals surface area (Å²) in [6, 6.07) is 5.10. The number of nitrogens with one attached hydrogen (secondary N) is 1. The Balaban J connectivity index is 2.21. The molecule has 6 heteroatoms. The normalized spacial score (nSPS) is 21.4. The van der Waals surface area contributed by atoms with Crippen molar-refractivity contribution < 1.29 is 23.8 Å². The maximum absolute atomic E-state index is 13.1. The van der Waals surface area contributed by atoms with Crippen LogP contribution < -0.4 is 10.1 Å². The van der Waals surface area contributed by atoms with E-state index in [4.69, 9.17) is 14.2 Å². The molecule has 1 N–H and O–H groups in total. The first kappa shape index (κ1) is 23.2. The Hall–Kier alpha value is -2.08. The SMILES string of the molecule is CCCCOc1ccc(NC(=O)C2(OCC)CCC(C)CC2)cc1C(=O)OCC. The third kappa shape index (κ3) is 6.20. The van der Waals surface area contributed by atoms with Crippen molar-refractivity contribution in [1.29, 1.82) is 0 Å². The van der Waals surface area contributed by atoms with Crippen molar-refractivity contribution in [3.05, 3.63) is 23.8 Å². The van der Waals surface area contributed by atoms with Crippen LogP contribution in [0.2, 0.25) is 0 Å². The van der Waals surface area contributed by atoms with Crippen LogP contribution in [-0.2, 0) is 14.3 Å². The van der Waals surface area contributed by atoms with E-state index in [0.717, 1.165) is 25.7 Å². The molecule has 29 heavy (non-hydrogen) atoms. The fourth-order valence-electron chi connectivity index (χ4n) is 3.62. The first-order chi connectivity index (χ1) is 14.0. The number of anilines is 1. The van der Waals surface area contributed by atoms with Gasteiger partial charge in [-0.2, -0.15) is 0 Å². The number of ether oxygens (including phenoxy) is 3. The lowest BCUT2D eigenvalue weighted by Crippen LogP contribution is -2.48. The van der Waals surface area contributed by atoms with Gasteiger partial charge in [0.2, 0.25) is 0 Å². The zero-order valence-electron chi connectivity index (χ0n) is 18.2. The van der Waals surface area contributed by atoms with Gasteiger partial charge in [0.05, 0.1) is 13.2 Å². The lowest BCUT2D eigenvalue weighted by molar-refractivity contribution is -0.146. The van der Waals surface area contributed by atoms with Crippen LogP contribution in [0.3, 0.4) is 0 Å². The third-order valence-corrected chi connectivity index (χ3v) is 5.40. The summed E-state index contributed by atoms with van der Waals surface area (Å²) in [5, 5.41) is 2.96. The molecule has 0 spiro atoms. The molecule has 1 aliphatic rings. The first-order valence-electron chi connectivity index (χ1n) is 10.8. The minimum Gasteiger partial charge on any atom is -0.493 e. The van der Waals surface area contributed by atoms with Gasteiger partial charge < -0.3 is 19.5 Å². The summed E-state index contributed by atoms with van der Waals surface area (Å²) in [5.74, 6) is 0.467. The van der Waals surface area contributed by atoms with E-state index in [1.54, 1.807) is 25.1 Å². The lowest BCUT2D eigenvalue weighted by atomic mass is 9.78. The molecule has 6 nitrogen and oxygen atoms in total. The maximum atomic E-state index is 13.1. The topological polar surface area (TPSA) is 73.9 Å². The summed E-state index contributed by atoms with van der Waals surface area (Å²) in [5.41, 5.74) is 0.0591. The van der Waals surface area contributed by atoms with E-state index in [1.807, 2.05) is 6.92 Å². The molecule has 1 saturated carbocycles. The van der Waals surface area contributed by atoms with Gasteiger partial charge in [0.15, 0.2) is 0 Å². The Morgan fingerprint density at radius 1 is 1.14 bits per heavy atom. The van der Waals surface area contributed by atoms with E-state index in [9.17, 15) is 9.59 Å². The number of hydrogen-bond donors (Lipinski definition) is 1. The molecule has 0 heterocycles. The highest BCUT2D eigenvalue weighted by molar-refractivity contribution is 5.99. The molecule has 0 bridgehead atoms. The minimum atomic E-state index is -0.804. The molecule has 1 aromatic carbocycles. The van der Waals surface area contributed by atoms with Crippen LogP contribution in [0.5, 0.6) is 5.75 Å². The zero-order valence-corrected chi connectivity index (χ0v) is 18.2. The number of carbonyl (C=O) groups excluding carboxylic acids is 2. The molecule has 0 radical (unpaired) electrons. The molecule has 1 aromatic rings. The Morgan fingerprint density at radius 2 is 1.86 bits per heavy atom. The van der Waals surface area contributed by atoms with E-state index in [1.165, 1.54) is 0 Å². The van der Waals surface area contributed by atoms with E-state index in [0.29, 0.717) is 49.0 Å². The van der Waals surface area contributed by atoms with E-state index < -0.39 is 11.6 Å². The molecule has 0 unspecified atom stereocenters. The molecule has 0 aliphatic heterocycles. The first-order valence-corrected chi connectivity index (χ1v) is 10.8. The molecule has 1 fully saturated rings. The second kappa shape index (κ2) is 11.2. The summed E-state index contributed by atoms with van der Waals surface area (Å²) in [6.45, 7) is 9.24. The summed E-state index contributed by atoms with van der Waals surface area (Å²) < 4.78 is 16.8. The van der Waals surface area contributed by atoms with Gasteiger partial charge in [-0.25, -0.2) is 4.79 Å². The summed E-state index contributed by atoms with van der Waals surface area (Å²) in [7, 11) is 0. The minimum absolute atomic E-state index is 0.152. The molecular weight excluding hydrogens is 370 g/mol. The van der Waals surface area contributed by atoms with Crippen molar-refractivity contribution in [2.75, 3.05) is 25.1 Å². The maximum Gasteiger partial charge on any atom is 0.341 e. The number of carbonyl (C=O) groups is 2. The summed E-state index contributed by atoms with van der Waals surface area (Å²) in [4.78, 5) is 25.5. The van der Waals surface area contributed by atoms with Gasteiger partial charge >= 0.3 is 5.97 Å². The highest BCUT2D eigenvalue weighted by Crippen LogP contribution is 2.36. The Kier molecular flexibility index (Phi) is 8.96. The number of rotatable bonds is 10. The largest absolute Gasteiger partial charge is 0.493 e. The Morgan fingerprint density at radius 3 is 2.48 bits per heavy atom. The van der Waals surface area contributed by atoms with Crippen LogP contribution in [0.1, 0.15) is 76.6 Å². The van der Waals surface area contributed by atoms with E-state index >= 15 is 0 Å². The van der Waals surface area contributed by atoms with Crippen LogP contribution in [0.15, 0.2) is 18.2 Å². The molecular formula is C23H35NO5. The van der Waals surface area contributed by atoms with Crippen molar-refractivity contribution in [3.8, 4) is 5.75 Å². The zero-order chi connectivity index (χ0) is 21.3. The Bertz CT molecular complexity index is 680. The van der Waals surface area contributed by atoms with Crippen LogP contribution in [0, 0.1) is 5.92 Å². The number of esters is 1. The molecule has 0 aromatic heterocycles. The molecule has 2 rings (SSSR count). The van der Waals surface area contributed by atoms with Gasteiger partial charge in [0.1, 0.15) is 16.9 Å². The van der Waals surface area contributed by atoms with Gasteiger partial charge in [-0.15, -0.1) is 0 Å². The average Bonchev–Trinajstić information content (AvgIpc) is 2.71. The fraction of sp³-hybridized carbons (Fsp3) is 0.652. The van der Waals surface area contributed by atoms with Crippen molar-refractivity contribution in [1.82, 2.24) is 0 Å². The van der Waals surface area contributed by atoms with E-state index in [2.05, 4.69) is 19.2 Å².